The van der Waals surface area contributed by atoms with E-state index in [0.717, 1.165) is 5.56 Å². The van der Waals surface area contributed by atoms with E-state index in [1.807, 2.05) is 19.1 Å². The number of ether oxygens (including phenoxy) is 2. The van der Waals surface area contributed by atoms with Crippen LogP contribution in [-0.2, 0) is 19.1 Å². The molecule has 0 radical (unpaired) electrons. The molecule has 1 aromatic carbocycles. The zero-order valence-electron chi connectivity index (χ0n) is 12.9. The van der Waals surface area contributed by atoms with E-state index >= 15 is 0 Å². The van der Waals surface area contributed by atoms with Gasteiger partial charge in [-0.1, -0.05) is 24.3 Å². The molecule has 6 nitrogen and oxygen atoms in total. The second kappa shape index (κ2) is 7.08. The molecular weight excluding hydrogens is 274 g/mol. The Balaban J connectivity index is 2.80. The van der Waals surface area contributed by atoms with Crippen LogP contribution in [0.15, 0.2) is 24.3 Å². The highest BCUT2D eigenvalue weighted by Crippen LogP contribution is 2.21. The highest BCUT2D eigenvalue weighted by Gasteiger charge is 2.26. The lowest BCUT2D eigenvalue weighted by molar-refractivity contribution is -0.159. The summed E-state index contributed by atoms with van der Waals surface area (Å²) in [5.41, 5.74) is 2.92. The lowest BCUT2D eigenvalue weighted by atomic mass is 10.0. The molecule has 6 heteroatoms. The maximum absolute atomic E-state index is 11.8. The van der Waals surface area contributed by atoms with Gasteiger partial charge in [0.05, 0.1) is 7.11 Å². The van der Waals surface area contributed by atoms with Gasteiger partial charge in [-0.2, -0.15) is 5.48 Å². The fourth-order valence-electron chi connectivity index (χ4n) is 1.63. The van der Waals surface area contributed by atoms with E-state index in [1.165, 1.54) is 7.11 Å². The first kappa shape index (κ1) is 17.0. The first-order valence-electron chi connectivity index (χ1n) is 6.52. The summed E-state index contributed by atoms with van der Waals surface area (Å²) in [6.45, 7) is 7.02. The van der Waals surface area contributed by atoms with Crippen LogP contribution in [0.4, 0.5) is 4.79 Å². The predicted molar refractivity (Wildman–Crippen MR) is 76.4 cm³/mol. The van der Waals surface area contributed by atoms with Gasteiger partial charge in [-0.15, -0.1) is 0 Å². The number of amides is 1. The molecule has 0 spiro atoms. The zero-order chi connectivity index (χ0) is 16.0. The minimum atomic E-state index is -1.05. The Bertz CT molecular complexity index is 507. The Hall–Kier alpha value is -2.08. The van der Waals surface area contributed by atoms with E-state index in [-0.39, 0.29) is 0 Å². The number of carbonyl (C=O) groups excluding carboxylic acids is 2. The second-order valence-corrected chi connectivity index (χ2v) is 5.48. The van der Waals surface area contributed by atoms with Crippen LogP contribution < -0.4 is 5.48 Å². The Kier molecular flexibility index (Phi) is 5.72. The average Bonchev–Trinajstić information content (AvgIpc) is 2.38. The topological polar surface area (TPSA) is 73.9 Å². The van der Waals surface area contributed by atoms with Crippen LogP contribution in [-0.4, -0.2) is 24.8 Å². The molecule has 1 unspecified atom stereocenters. The lowest BCUT2D eigenvalue weighted by Crippen LogP contribution is -2.35. The molecule has 0 aliphatic heterocycles. The second-order valence-electron chi connectivity index (χ2n) is 5.48. The van der Waals surface area contributed by atoms with Gasteiger partial charge in [0.1, 0.15) is 5.60 Å². The molecule has 0 bridgehead atoms. The van der Waals surface area contributed by atoms with E-state index in [4.69, 9.17) is 14.3 Å². The molecule has 1 aromatic rings. The smallest absolute Gasteiger partial charge is 0.431 e. The predicted octanol–water partition coefficient (Wildman–Crippen LogP) is 2.67. The molecule has 1 amide bonds. The Morgan fingerprint density at radius 1 is 1.19 bits per heavy atom. The largest absolute Gasteiger partial charge is 0.467 e. The number of hydrogen-bond donors (Lipinski definition) is 1. The monoisotopic (exact) mass is 295 g/mol. The maximum Gasteiger partial charge on any atom is 0.431 e. The number of aryl methyl sites for hydroxylation is 1. The van der Waals surface area contributed by atoms with Crippen LogP contribution in [0.5, 0.6) is 0 Å². The van der Waals surface area contributed by atoms with Crippen LogP contribution in [0.2, 0.25) is 0 Å². The maximum atomic E-state index is 11.8. The van der Waals surface area contributed by atoms with Crippen molar-refractivity contribution < 1.29 is 23.9 Å². The number of carbonyl (C=O) groups is 2. The fourth-order valence-corrected chi connectivity index (χ4v) is 1.63. The summed E-state index contributed by atoms with van der Waals surface area (Å²) in [4.78, 5) is 28.6. The van der Waals surface area contributed by atoms with Crippen molar-refractivity contribution in [1.29, 1.82) is 0 Å². The van der Waals surface area contributed by atoms with Crippen LogP contribution in [0, 0.1) is 6.92 Å². The first-order chi connectivity index (χ1) is 9.74. The van der Waals surface area contributed by atoms with E-state index in [2.05, 4.69) is 5.48 Å². The van der Waals surface area contributed by atoms with Gasteiger partial charge >= 0.3 is 12.1 Å². The van der Waals surface area contributed by atoms with Gasteiger partial charge in [0.25, 0.3) is 0 Å². The summed E-state index contributed by atoms with van der Waals surface area (Å²) in [6.07, 6.45) is -1.83. The standard InChI is InChI=1S/C15H21NO5/c1-10-8-6-7-9-11(10)12(13(17)19-5)21-16-14(18)20-15(2,3)4/h6-9,12H,1-5H3,(H,16,18). The SMILES string of the molecule is COC(=O)C(ONC(=O)OC(C)(C)C)c1ccccc1C. The van der Waals surface area contributed by atoms with E-state index in [9.17, 15) is 9.59 Å². The third-order valence-electron chi connectivity index (χ3n) is 2.55. The normalized spacial score (nSPS) is 12.4. The molecule has 21 heavy (non-hydrogen) atoms. The van der Waals surface area contributed by atoms with Crippen LogP contribution in [0.1, 0.15) is 38.0 Å². The quantitative estimate of drug-likeness (QED) is 0.683. The first-order valence-corrected chi connectivity index (χ1v) is 6.52. The molecule has 0 aliphatic carbocycles. The molecule has 0 heterocycles. The zero-order valence-corrected chi connectivity index (χ0v) is 12.9. The fraction of sp³-hybridized carbons (Fsp3) is 0.467. The summed E-state index contributed by atoms with van der Waals surface area (Å²) in [7, 11) is 1.25. The van der Waals surface area contributed by atoms with Crippen molar-refractivity contribution >= 4 is 12.1 Å². The van der Waals surface area contributed by atoms with Gasteiger partial charge in [-0.3, -0.25) is 4.84 Å². The minimum Gasteiger partial charge on any atom is -0.467 e. The number of hydroxylamine groups is 1. The van der Waals surface area contributed by atoms with Crippen molar-refractivity contribution in [3.63, 3.8) is 0 Å². The van der Waals surface area contributed by atoms with Crippen LogP contribution in [0.25, 0.3) is 0 Å². The molecule has 116 valence electrons. The number of benzene rings is 1. The average molecular weight is 295 g/mol. The van der Waals surface area contributed by atoms with Gasteiger partial charge in [0, 0.05) is 0 Å². The summed E-state index contributed by atoms with van der Waals surface area (Å²) in [5, 5.41) is 0. The molecule has 0 fully saturated rings. The number of rotatable bonds is 4. The van der Waals surface area contributed by atoms with Gasteiger partial charge in [0.2, 0.25) is 6.10 Å². The van der Waals surface area contributed by atoms with Crippen molar-refractivity contribution in [2.45, 2.75) is 39.4 Å². The van der Waals surface area contributed by atoms with E-state index in [1.54, 1.807) is 32.9 Å². The van der Waals surface area contributed by atoms with Crippen molar-refractivity contribution in [2.24, 2.45) is 0 Å². The molecular formula is C15H21NO5. The van der Waals surface area contributed by atoms with E-state index < -0.39 is 23.8 Å². The molecule has 1 rings (SSSR count). The molecule has 1 atom stereocenters. The van der Waals surface area contributed by atoms with Gasteiger partial charge in [-0.25, -0.2) is 9.59 Å². The summed E-state index contributed by atoms with van der Waals surface area (Å²) in [6, 6.07) is 7.18. The molecule has 1 N–H and O–H groups in total. The van der Waals surface area contributed by atoms with Crippen molar-refractivity contribution in [1.82, 2.24) is 5.48 Å². The molecule has 0 aliphatic rings. The minimum absolute atomic E-state index is 0.611. The Labute approximate surface area is 124 Å². The molecule has 0 saturated carbocycles. The van der Waals surface area contributed by atoms with Crippen molar-refractivity contribution in [2.75, 3.05) is 7.11 Å². The Morgan fingerprint density at radius 3 is 2.33 bits per heavy atom. The van der Waals surface area contributed by atoms with Gasteiger partial charge < -0.3 is 9.47 Å². The van der Waals surface area contributed by atoms with Crippen molar-refractivity contribution in [3.05, 3.63) is 35.4 Å². The highest BCUT2D eigenvalue weighted by molar-refractivity contribution is 5.77. The third kappa shape index (κ3) is 5.43. The number of methoxy groups -OCH3 is 1. The van der Waals surface area contributed by atoms with Crippen molar-refractivity contribution in [3.8, 4) is 0 Å². The lowest BCUT2D eigenvalue weighted by Gasteiger charge is -2.21. The number of hydrogen-bond acceptors (Lipinski definition) is 5. The highest BCUT2D eigenvalue weighted by atomic mass is 16.7. The summed E-state index contributed by atoms with van der Waals surface area (Å²) >= 11 is 0. The summed E-state index contributed by atoms with van der Waals surface area (Å²) < 4.78 is 9.74. The number of esters is 1. The summed E-state index contributed by atoms with van der Waals surface area (Å²) in [5.74, 6) is -0.611. The molecule has 0 aromatic heterocycles. The number of nitrogens with one attached hydrogen (secondary N) is 1. The molecule has 0 saturated heterocycles. The van der Waals surface area contributed by atoms with Crippen LogP contribution >= 0.6 is 0 Å². The Morgan fingerprint density at radius 2 is 1.81 bits per heavy atom. The van der Waals surface area contributed by atoms with Gasteiger partial charge in [0.15, 0.2) is 0 Å². The van der Waals surface area contributed by atoms with Gasteiger partial charge in [-0.05, 0) is 38.8 Å². The van der Waals surface area contributed by atoms with E-state index in [0.29, 0.717) is 5.56 Å². The third-order valence-corrected chi connectivity index (χ3v) is 2.55. The van der Waals surface area contributed by atoms with Crippen LogP contribution in [0.3, 0.4) is 0 Å².